The van der Waals surface area contributed by atoms with Crippen LogP contribution in [-0.4, -0.2) is 63.7 Å². The second kappa shape index (κ2) is 16.6. The van der Waals surface area contributed by atoms with Crippen LogP contribution in [0.25, 0.3) is 10.9 Å². The van der Waals surface area contributed by atoms with Gasteiger partial charge in [-0.2, -0.15) is 18.2 Å². The van der Waals surface area contributed by atoms with Crippen molar-refractivity contribution in [3.05, 3.63) is 83.9 Å². The number of aryl methyl sites for hydroxylation is 1. The van der Waals surface area contributed by atoms with Crippen LogP contribution in [0.15, 0.2) is 82.6 Å². The number of primary sulfonamides is 1. The molecular weight excluding hydrogens is 698 g/mol. The maximum atomic E-state index is 12.6. The molecule has 0 saturated heterocycles. The van der Waals surface area contributed by atoms with E-state index in [1.54, 1.807) is 24.3 Å². The number of alkyl halides is 3. The zero-order valence-electron chi connectivity index (χ0n) is 27.2. The molecule has 0 atom stereocenters. The Morgan fingerprint density at radius 2 is 1.40 bits per heavy atom. The van der Waals surface area contributed by atoms with Crippen molar-refractivity contribution in [2.24, 2.45) is 17.0 Å². The number of benzene rings is 3. The maximum absolute atomic E-state index is 12.6. The van der Waals surface area contributed by atoms with Crippen LogP contribution in [0.5, 0.6) is 0 Å². The SMILES string of the molecule is Cc1ccc(S(=O)(=O)NCC2CCC(CNc3nc(NCCc4ccc(S(N)(=O)=O)cc4)c4ccccc4n3)CC2)cc1.O=C(O)C(F)(F)F. The van der Waals surface area contributed by atoms with Crippen molar-refractivity contribution < 1.29 is 39.9 Å². The molecule has 0 spiro atoms. The lowest BCUT2D eigenvalue weighted by molar-refractivity contribution is -0.192. The van der Waals surface area contributed by atoms with Gasteiger partial charge in [0.1, 0.15) is 5.82 Å². The average Bonchev–Trinajstić information content (AvgIpc) is 3.07. The molecule has 1 saturated carbocycles. The molecule has 0 aliphatic heterocycles. The van der Waals surface area contributed by atoms with E-state index in [1.165, 1.54) is 12.1 Å². The predicted octanol–water partition coefficient (Wildman–Crippen LogP) is 5.07. The number of aliphatic carboxylic acids is 1. The second-order valence-corrected chi connectivity index (χ2v) is 15.3. The van der Waals surface area contributed by atoms with Gasteiger partial charge in [-0.1, -0.05) is 42.0 Å². The Balaban J connectivity index is 0.000000727. The number of para-hydroxylation sites is 1. The zero-order chi connectivity index (χ0) is 36.5. The summed E-state index contributed by atoms with van der Waals surface area (Å²) in [6.07, 6.45) is -0.463. The molecule has 0 unspecified atom stereocenters. The first-order valence-electron chi connectivity index (χ1n) is 15.7. The van der Waals surface area contributed by atoms with Gasteiger partial charge >= 0.3 is 12.1 Å². The van der Waals surface area contributed by atoms with Crippen LogP contribution in [0.4, 0.5) is 24.9 Å². The van der Waals surface area contributed by atoms with E-state index in [2.05, 4.69) is 15.4 Å². The lowest BCUT2D eigenvalue weighted by atomic mass is 9.82. The third-order valence-electron chi connectivity index (χ3n) is 8.21. The maximum Gasteiger partial charge on any atom is 0.490 e. The normalized spacial score (nSPS) is 16.7. The number of nitrogens with zero attached hydrogens (tertiary/aromatic N) is 2. The number of carboxylic acids is 1. The third-order valence-corrected chi connectivity index (χ3v) is 10.6. The van der Waals surface area contributed by atoms with Crippen LogP contribution in [0.1, 0.15) is 36.8 Å². The number of nitrogens with one attached hydrogen (secondary N) is 3. The quantitative estimate of drug-likeness (QED) is 0.131. The minimum Gasteiger partial charge on any atom is -0.475 e. The van der Waals surface area contributed by atoms with Gasteiger partial charge in [0, 0.05) is 25.0 Å². The minimum atomic E-state index is -5.08. The standard InChI is InChI=1S/C31H38N6O4S2.C2HF3O2/c1-22-6-14-27(15-7-22)43(40,41)35-21-25-10-8-24(9-11-25)20-34-31-36-29-5-3-2-4-28(29)30(37-31)33-19-18-23-12-16-26(17-13-23)42(32,38)39;3-2(4,5)1(6)7/h2-7,12-17,24-25,35H,8-11,18-21H2,1H3,(H2,32,38,39)(H2,33,34,36,37);(H,6,7). The van der Waals surface area contributed by atoms with Gasteiger partial charge in [0.15, 0.2) is 0 Å². The van der Waals surface area contributed by atoms with Crippen LogP contribution < -0.4 is 20.5 Å². The van der Waals surface area contributed by atoms with Gasteiger partial charge < -0.3 is 15.7 Å². The number of sulfonamides is 2. The molecule has 4 aromatic rings. The lowest BCUT2D eigenvalue weighted by Gasteiger charge is -2.28. The van der Waals surface area contributed by atoms with Crippen molar-refractivity contribution in [1.29, 1.82) is 0 Å². The van der Waals surface area contributed by atoms with Crippen molar-refractivity contribution in [2.75, 3.05) is 30.3 Å². The third kappa shape index (κ3) is 11.4. The molecule has 0 radical (unpaired) electrons. The van der Waals surface area contributed by atoms with Crippen molar-refractivity contribution in [1.82, 2.24) is 14.7 Å². The molecule has 270 valence electrons. The predicted molar refractivity (Wildman–Crippen MR) is 184 cm³/mol. The highest BCUT2D eigenvalue weighted by atomic mass is 32.2. The molecule has 0 bridgehead atoms. The Morgan fingerprint density at radius 3 is 1.98 bits per heavy atom. The fourth-order valence-corrected chi connectivity index (χ4v) is 7.00. The van der Waals surface area contributed by atoms with Crippen LogP contribution in [-0.2, 0) is 31.3 Å². The Kier molecular flexibility index (Phi) is 12.8. The first kappa shape index (κ1) is 38.5. The summed E-state index contributed by atoms with van der Waals surface area (Å²) in [5, 5.41) is 20.1. The average molecular weight is 737 g/mol. The van der Waals surface area contributed by atoms with Crippen LogP contribution in [0, 0.1) is 18.8 Å². The van der Waals surface area contributed by atoms with E-state index in [0.717, 1.165) is 60.1 Å². The molecular formula is C33H39F3N6O6S2. The summed E-state index contributed by atoms with van der Waals surface area (Å²) >= 11 is 0. The molecule has 50 heavy (non-hydrogen) atoms. The van der Waals surface area contributed by atoms with E-state index < -0.39 is 32.2 Å². The fourth-order valence-electron chi connectivity index (χ4n) is 5.37. The Bertz CT molecular complexity index is 1970. The van der Waals surface area contributed by atoms with Crippen LogP contribution >= 0.6 is 0 Å². The van der Waals surface area contributed by atoms with Gasteiger partial charge in [0.2, 0.25) is 26.0 Å². The first-order chi connectivity index (χ1) is 23.5. The molecule has 1 heterocycles. The van der Waals surface area contributed by atoms with E-state index in [1.807, 2.05) is 43.3 Å². The highest BCUT2D eigenvalue weighted by Crippen LogP contribution is 2.29. The number of carbonyl (C=O) groups is 1. The molecule has 12 nitrogen and oxygen atoms in total. The summed E-state index contributed by atoms with van der Waals surface area (Å²) in [4.78, 5) is 18.8. The molecule has 1 aliphatic carbocycles. The minimum absolute atomic E-state index is 0.0953. The van der Waals surface area contributed by atoms with Gasteiger partial charge in [-0.25, -0.2) is 36.5 Å². The van der Waals surface area contributed by atoms with Crippen molar-refractivity contribution in [2.45, 2.75) is 55.0 Å². The Hall–Kier alpha value is -4.32. The molecule has 1 fully saturated rings. The molecule has 5 rings (SSSR count). The van der Waals surface area contributed by atoms with E-state index in [9.17, 15) is 30.0 Å². The fraction of sp³-hybridized carbons (Fsp3) is 0.364. The molecule has 3 aromatic carbocycles. The number of nitrogens with two attached hydrogens (primary N) is 1. The van der Waals surface area contributed by atoms with E-state index >= 15 is 0 Å². The van der Waals surface area contributed by atoms with Gasteiger partial charge in [0.25, 0.3) is 0 Å². The topological polar surface area (TPSA) is 193 Å². The van der Waals surface area contributed by atoms with Gasteiger partial charge in [-0.3, -0.25) is 0 Å². The van der Waals surface area contributed by atoms with E-state index in [-0.39, 0.29) is 4.90 Å². The number of anilines is 2. The van der Waals surface area contributed by atoms with Gasteiger partial charge in [0.05, 0.1) is 15.3 Å². The molecule has 6 N–H and O–H groups in total. The smallest absolute Gasteiger partial charge is 0.475 e. The Labute approximate surface area is 288 Å². The number of aromatic nitrogens is 2. The molecule has 17 heteroatoms. The summed E-state index contributed by atoms with van der Waals surface area (Å²) in [5.41, 5.74) is 2.85. The molecule has 1 aromatic heterocycles. The number of rotatable bonds is 12. The van der Waals surface area contributed by atoms with E-state index in [4.69, 9.17) is 25.0 Å². The summed E-state index contributed by atoms with van der Waals surface area (Å²) in [5.74, 6) is -0.685. The Morgan fingerprint density at radius 1 is 0.840 bits per heavy atom. The number of carboxylic acid groups (broad SMARTS) is 1. The number of fused-ring (bicyclic) bond motifs is 1. The number of hydrogen-bond donors (Lipinski definition) is 5. The molecule has 0 amide bonds. The van der Waals surface area contributed by atoms with Gasteiger partial charge in [-0.15, -0.1) is 0 Å². The zero-order valence-corrected chi connectivity index (χ0v) is 28.8. The number of halogens is 3. The van der Waals surface area contributed by atoms with Gasteiger partial charge in [-0.05, 0) is 92.8 Å². The summed E-state index contributed by atoms with van der Waals surface area (Å²) in [7, 11) is -7.21. The van der Waals surface area contributed by atoms with E-state index in [0.29, 0.717) is 42.2 Å². The first-order valence-corrected chi connectivity index (χ1v) is 18.8. The summed E-state index contributed by atoms with van der Waals surface area (Å²) < 4.78 is 82.8. The second-order valence-electron chi connectivity index (χ2n) is 12.0. The van der Waals surface area contributed by atoms with Crippen LogP contribution in [0.3, 0.4) is 0 Å². The summed E-state index contributed by atoms with van der Waals surface area (Å²) in [6.45, 7) is 3.74. The lowest BCUT2D eigenvalue weighted by Crippen LogP contribution is -2.32. The highest BCUT2D eigenvalue weighted by molar-refractivity contribution is 7.89. The highest BCUT2D eigenvalue weighted by Gasteiger charge is 2.38. The van der Waals surface area contributed by atoms with Crippen molar-refractivity contribution in [3.8, 4) is 0 Å². The van der Waals surface area contributed by atoms with Crippen LogP contribution in [0.2, 0.25) is 0 Å². The van der Waals surface area contributed by atoms with Crippen molar-refractivity contribution in [3.63, 3.8) is 0 Å². The molecule has 1 aliphatic rings. The number of hydrogen-bond acceptors (Lipinski definition) is 9. The largest absolute Gasteiger partial charge is 0.490 e. The monoisotopic (exact) mass is 736 g/mol. The summed E-state index contributed by atoms with van der Waals surface area (Å²) in [6, 6.07) is 21.3. The van der Waals surface area contributed by atoms with Crippen molar-refractivity contribution >= 4 is 48.7 Å².